The van der Waals surface area contributed by atoms with Crippen molar-refractivity contribution in [3.63, 3.8) is 0 Å². The van der Waals surface area contributed by atoms with Crippen molar-refractivity contribution in [2.24, 2.45) is 0 Å². The van der Waals surface area contributed by atoms with Gasteiger partial charge in [-0.1, -0.05) is 76.2 Å². The molecule has 0 saturated carbocycles. The van der Waals surface area contributed by atoms with E-state index in [0.717, 1.165) is 28.1 Å². The number of anilines is 1. The third-order valence-electron chi connectivity index (χ3n) is 5.80. The molecule has 0 bridgehead atoms. The third kappa shape index (κ3) is 4.79. The largest absolute Gasteiger partial charge is 0.344 e. The lowest BCUT2D eigenvalue weighted by molar-refractivity contribution is 0.102. The molecule has 162 valence electrons. The normalized spacial score (nSPS) is 11.2. The molecule has 2 aromatic carbocycles. The Hall–Kier alpha value is -3.14. The van der Waals surface area contributed by atoms with Gasteiger partial charge in [0.25, 0.3) is 5.91 Å². The molecule has 4 heteroatoms. The zero-order chi connectivity index (χ0) is 22.7. The lowest BCUT2D eigenvalue weighted by atomic mass is 9.92. The van der Waals surface area contributed by atoms with Crippen molar-refractivity contribution in [3.05, 3.63) is 98.5 Å². The second-order valence-electron chi connectivity index (χ2n) is 8.76. The van der Waals surface area contributed by atoms with Gasteiger partial charge in [0, 0.05) is 29.7 Å². The van der Waals surface area contributed by atoms with Gasteiger partial charge in [0.05, 0.1) is 0 Å². The molecule has 3 aromatic rings. The van der Waals surface area contributed by atoms with Crippen LogP contribution in [0.15, 0.2) is 59.4 Å². The number of pyridine rings is 1. The molecule has 31 heavy (non-hydrogen) atoms. The minimum Gasteiger partial charge on any atom is -0.344 e. The molecule has 0 atom stereocenters. The van der Waals surface area contributed by atoms with Crippen LogP contribution in [0.1, 0.15) is 78.0 Å². The zero-order valence-corrected chi connectivity index (χ0v) is 19.3. The summed E-state index contributed by atoms with van der Waals surface area (Å²) in [4.78, 5) is 26.3. The van der Waals surface area contributed by atoms with Gasteiger partial charge in [-0.2, -0.15) is 0 Å². The quantitative estimate of drug-likeness (QED) is 0.535. The standard InChI is InChI=1S/C27H32N2O2/c1-17(2)22-13-10-14-23(18(3)4)26(22)28-27(31)25-20(6)29(19(5)15-24(25)30)16-21-11-8-7-9-12-21/h7-15,17-18H,16H2,1-6H3,(H,28,31). The van der Waals surface area contributed by atoms with Gasteiger partial charge in [-0.05, 0) is 42.4 Å². The molecule has 0 radical (unpaired) electrons. The van der Waals surface area contributed by atoms with E-state index in [9.17, 15) is 9.59 Å². The number of amides is 1. The first-order valence-corrected chi connectivity index (χ1v) is 10.9. The Kier molecular flexibility index (Phi) is 6.79. The molecule has 0 saturated heterocycles. The maximum Gasteiger partial charge on any atom is 0.261 e. The summed E-state index contributed by atoms with van der Waals surface area (Å²) in [7, 11) is 0. The number of hydrogen-bond donors (Lipinski definition) is 1. The molecule has 1 N–H and O–H groups in total. The van der Waals surface area contributed by atoms with Gasteiger partial charge in [0.1, 0.15) is 5.56 Å². The topological polar surface area (TPSA) is 51.1 Å². The number of para-hydroxylation sites is 1. The summed E-state index contributed by atoms with van der Waals surface area (Å²) < 4.78 is 2.03. The van der Waals surface area contributed by atoms with E-state index < -0.39 is 0 Å². The Bertz CT molecular complexity index is 1120. The van der Waals surface area contributed by atoms with Crippen LogP contribution in [0.2, 0.25) is 0 Å². The molecule has 0 aliphatic heterocycles. The van der Waals surface area contributed by atoms with Gasteiger partial charge >= 0.3 is 0 Å². The van der Waals surface area contributed by atoms with Crippen LogP contribution in [0, 0.1) is 13.8 Å². The Balaban J connectivity index is 2.06. The second kappa shape index (κ2) is 9.34. The highest BCUT2D eigenvalue weighted by molar-refractivity contribution is 6.05. The lowest BCUT2D eigenvalue weighted by Crippen LogP contribution is -2.28. The minimum absolute atomic E-state index is 0.204. The average Bonchev–Trinajstić information content (AvgIpc) is 2.71. The van der Waals surface area contributed by atoms with E-state index >= 15 is 0 Å². The minimum atomic E-state index is -0.348. The first-order chi connectivity index (χ1) is 14.7. The average molecular weight is 417 g/mol. The van der Waals surface area contributed by atoms with E-state index in [2.05, 4.69) is 33.0 Å². The van der Waals surface area contributed by atoms with Gasteiger partial charge in [0.15, 0.2) is 5.43 Å². The number of nitrogens with one attached hydrogen (secondary N) is 1. The Morgan fingerprint density at radius 2 is 1.48 bits per heavy atom. The van der Waals surface area contributed by atoms with Crippen LogP contribution in [0.25, 0.3) is 0 Å². The highest BCUT2D eigenvalue weighted by atomic mass is 16.2. The first-order valence-electron chi connectivity index (χ1n) is 10.9. The molecular weight excluding hydrogens is 384 g/mol. The van der Waals surface area contributed by atoms with Crippen LogP contribution >= 0.6 is 0 Å². The lowest BCUT2D eigenvalue weighted by Gasteiger charge is -2.21. The van der Waals surface area contributed by atoms with Crippen LogP contribution in [0.5, 0.6) is 0 Å². The Morgan fingerprint density at radius 1 is 0.903 bits per heavy atom. The summed E-state index contributed by atoms with van der Waals surface area (Å²) in [5, 5.41) is 3.10. The van der Waals surface area contributed by atoms with E-state index in [4.69, 9.17) is 0 Å². The summed E-state index contributed by atoms with van der Waals surface area (Å²) in [6.07, 6.45) is 0. The Labute approximate surface area is 184 Å². The fourth-order valence-corrected chi connectivity index (χ4v) is 4.07. The smallest absolute Gasteiger partial charge is 0.261 e. The van der Waals surface area contributed by atoms with Crippen molar-refractivity contribution < 1.29 is 4.79 Å². The molecule has 3 rings (SSSR count). The summed E-state index contributed by atoms with van der Waals surface area (Å²) >= 11 is 0. The highest BCUT2D eigenvalue weighted by Crippen LogP contribution is 2.32. The predicted octanol–water partition coefficient (Wildman–Crippen LogP) is 6.01. The van der Waals surface area contributed by atoms with Gasteiger partial charge in [0.2, 0.25) is 0 Å². The molecule has 0 aliphatic carbocycles. The molecule has 4 nitrogen and oxygen atoms in total. The molecule has 1 heterocycles. The number of aryl methyl sites for hydroxylation is 1. The van der Waals surface area contributed by atoms with Crippen LogP contribution < -0.4 is 10.7 Å². The SMILES string of the molecule is Cc1cc(=O)c(C(=O)Nc2c(C(C)C)cccc2C(C)C)c(C)n1Cc1ccccc1. The maximum atomic E-state index is 13.4. The Morgan fingerprint density at radius 3 is 2.03 bits per heavy atom. The van der Waals surface area contributed by atoms with Gasteiger partial charge < -0.3 is 9.88 Å². The maximum absolute atomic E-state index is 13.4. The number of rotatable bonds is 6. The van der Waals surface area contributed by atoms with Crippen LogP contribution in [-0.4, -0.2) is 10.5 Å². The number of carbonyl (C=O) groups excluding carboxylic acids is 1. The molecule has 0 fully saturated rings. The molecule has 0 aliphatic rings. The fraction of sp³-hybridized carbons (Fsp3) is 0.333. The summed E-state index contributed by atoms with van der Waals surface area (Å²) in [6.45, 7) is 12.8. The van der Waals surface area contributed by atoms with E-state index in [1.807, 2.05) is 66.9 Å². The molecule has 1 amide bonds. The van der Waals surface area contributed by atoms with E-state index in [1.165, 1.54) is 0 Å². The number of carbonyl (C=O) groups is 1. The number of hydrogen-bond acceptors (Lipinski definition) is 2. The van der Waals surface area contributed by atoms with Crippen molar-refractivity contribution in [2.75, 3.05) is 5.32 Å². The van der Waals surface area contributed by atoms with Crippen LogP contribution in [0.4, 0.5) is 5.69 Å². The van der Waals surface area contributed by atoms with Crippen molar-refractivity contribution in [2.45, 2.75) is 59.9 Å². The van der Waals surface area contributed by atoms with Crippen LogP contribution in [0.3, 0.4) is 0 Å². The van der Waals surface area contributed by atoms with E-state index in [-0.39, 0.29) is 28.7 Å². The van der Waals surface area contributed by atoms with Gasteiger partial charge in [-0.15, -0.1) is 0 Å². The number of benzene rings is 2. The van der Waals surface area contributed by atoms with E-state index in [1.54, 1.807) is 6.07 Å². The van der Waals surface area contributed by atoms with Crippen molar-refractivity contribution in [1.29, 1.82) is 0 Å². The fourth-order valence-electron chi connectivity index (χ4n) is 4.07. The third-order valence-corrected chi connectivity index (χ3v) is 5.80. The molecule has 0 unspecified atom stereocenters. The zero-order valence-electron chi connectivity index (χ0n) is 19.3. The van der Waals surface area contributed by atoms with Crippen molar-refractivity contribution in [1.82, 2.24) is 4.57 Å². The highest BCUT2D eigenvalue weighted by Gasteiger charge is 2.21. The summed E-state index contributed by atoms with van der Waals surface area (Å²) in [5.74, 6) is 0.157. The van der Waals surface area contributed by atoms with Crippen molar-refractivity contribution >= 4 is 11.6 Å². The van der Waals surface area contributed by atoms with E-state index in [0.29, 0.717) is 12.2 Å². The van der Waals surface area contributed by atoms with Gasteiger partial charge in [-0.25, -0.2) is 0 Å². The summed E-state index contributed by atoms with van der Waals surface area (Å²) in [5.41, 5.74) is 5.58. The molecule has 0 spiro atoms. The van der Waals surface area contributed by atoms with Crippen molar-refractivity contribution in [3.8, 4) is 0 Å². The summed E-state index contributed by atoms with van der Waals surface area (Å²) in [6, 6.07) is 17.7. The predicted molar refractivity (Wildman–Crippen MR) is 128 cm³/mol. The monoisotopic (exact) mass is 416 g/mol. The second-order valence-corrected chi connectivity index (χ2v) is 8.76. The number of nitrogens with zero attached hydrogens (tertiary/aromatic N) is 1. The number of aromatic nitrogens is 1. The molecular formula is C27H32N2O2. The molecule has 1 aromatic heterocycles. The van der Waals surface area contributed by atoms with Gasteiger partial charge in [-0.3, -0.25) is 9.59 Å². The first kappa shape index (κ1) is 22.5. The van der Waals surface area contributed by atoms with Crippen LogP contribution in [-0.2, 0) is 6.54 Å².